The predicted molar refractivity (Wildman–Crippen MR) is 74.8 cm³/mol. The van der Waals surface area contributed by atoms with Gasteiger partial charge in [-0.1, -0.05) is 25.4 Å². The van der Waals surface area contributed by atoms with E-state index in [1.54, 1.807) is 0 Å². The molecule has 1 N–H and O–H groups in total. The molecule has 1 saturated heterocycles. The van der Waals surface area contributed by atoms with Gasteiger partial charge >= 0.3 is 0 Å². The van der Waals surface area contributed by atoms with Gasteiger partial charge in [-0.3, -0.25) is 0 Å². The molecule has 0 saturated carbocycles. The molecule has 17 heavy (non-hydrogen) atoms. The van der Waals surface area contributed by atoms with Crippen molar-refractivity contribution >= 4 is 17.3 Å². The first kappa shape index (κ1) is 12.7. The molecule has 94 valence electrons. The number of benzene rings is 1. The van der Waals surface area contributed by atoms with Gasteiger partial charge in [0.05, 0.1) is 0 Å². The summed E-state index contributed by atoms with van der Waals surface area (Å²) in [6.45, 7) is 7.84. The standard InChI is InChI=1S/C14H21ClN2/c1-10-8-17(9-11(10)2)14-5-4-13(15)6-12(14)7-16-3/h4-6,10-11,16H,7-9H2,1-3H3. The zero-order valence-electron chi connectivity index (χ0n) is 10.8. The minimum absolute atomic E-state index is 0.771. The van der Waals surface area contributed by atoms with Crippen LogP contribution >= 0.6 is 11.6 Å². The van der Waals surface area contributed by atoms with Crippen molar-refractivity contribution in [2.24, 2.45) is 11.8 Å². The lowest BCUT2D eigenvalue weighted by molar-refractivity contribution is 0.494. The van der Waals surface area contributed by atoms with Crippen LogP contribution < -0.4 is 10.2 Å². The highest BCUT2D eigenvalue weighted by molar-refractivity contribution is 6.30. The van der Waals surface area contributed by atoms with E-state index in [0.717, 1.165) is 36.5 Å². The topological polar surface area (TPSA) is 15.3 Å². The van der Waals surface area contributed by atoms with Crippen LogP contribution in [-0.4, -0.2) is 20.1 Å². The molecule has 2 rings (SSSR count). The van der Waals surface area contributed by atoms with Crippen molar-refractivity contribution in [1.29, 1.82) is 0 Å². The molecule has 1 aliphatic rings. The molecule has 0 aliphatic carbocycles. The maximum Gasteiger partial charge on any atom is 0.0413 e. The molecular formula is C14H21ClN2. The smallest absolute Gasteiger partial charge is 0.0413 e. The summed E-state index contributed by atoms with van der Waals surface area (Å²) in [4.78, 5) is 2.48. The van der Waals surface area contributed by atoms with Crippen LogP contribution in [0, 0.1) is 11.8 Å². The molecular weight excluding hydrogens is 232 g/mol. The second-order valence-electron chi connectivity index (χ2n) is 5.16. The molecule has 0 spiro atoms. The molecule has 0 bridgehead atoms. The highest BCUT2D eigenvalue weighted by Crippen LogP contribution is 2.31. The van der Waals surface area contributed by atoms with Crippen LogP contribution in [0.15, 0.2) is 18.2 Å². The summed E-state index contributed by atoms with van der Waals surface area (Å²) in [5, 5.41) is 4.03. The zero-order chi connectivity index (χ0) is 12.4. The molecule has 1 aromatic carbocycles. The first-order valence-corrected chi connectivity index (χ1v) is 6.67. The first-order chi connectivity index (χ1) is 8.11. The van der Waals surface area contributed by atoms with Gasteiger partial charge in [-0.2, -0.15) is 0 Å². The van der Waals surface area contributed by atoms with Crippen LogP contribution in [0.3, 0.4) is 0 Å². The van der Waals surface area contributed by atoms with Gasteiger partial charge in [0.15, 0.2) is 0 Å². The molecule has 0 radical (unpaired) electrons. The Balaban J connectivity index is 2.25. The van der Waals surface area contributed by atoms with Gasteiger partial charge in [-0.15, -0.1) is 0 Å². The van der Waals surface area contributed by atoms with E-state index in [1.165, 1.54) is 11.3 Å². The molecule has 0 amide bonds. The summed E-state index contributed by atoms with van der Waals surface area (Å²) in [5.41, 5.74) is 2.63. The fourth-order valence-corrected chi connectivity index (χ4v) is 2.72. The second kappa shape index (κ2) is 5.28. The number of hydrogen-bond donors (Lipinski definition) is 1. The Morgan fingerprint density at radius 3 is 2.53 bits per heavy atom. The van der Waals surface area contributed by atoms with Crippen molar-refractivity contribution in [3.63, 3.8) is 0 Å². The Morgan fingerprint density at radius 1 is 1.29 bits per heavy atom. The van der Waals surface area contributed by atoms with Crippen LogP contribution in [-0.2, 0) is 6.54 Å². The highest BCUT2D eigenvalue weighted by Gasteiger charge is 2.27. The zero-order valence-corrected chi connectivity index (χ0v) is 11.6. The van der Waals surface area contributed by atoms with E-state index in [9.17, 15) is 0 Å². The third-order valence-corrected chi connectivity index (χ3v) is 3.97. The van der Waals surface area contributed by atoms with E-state index >= 15 is 0 Å². The minimum Gasteiger partial charge on any atom is -0.371 e. The van der Waals surface area contributed by atoms with Crippen molar-refractivity contribution < 1.29 is 0 Å². The first-order valence-electron chi connectivity index (χ1n) is 6.29. The lowest BCUT2D eigenvalue weighted by Crippen LogP contribution is -2.22. The molecule has 0 aromatic heterocycles. The van der Waals surface area contributed by atoms with Crippen LogP contribution in [0.5, 0.6) is 0 Å². The van der Waals surface area contributed by atoms with Crippen molar-refractivity contribution in [2.75, 3.05) is 25.0 Å². The fraction of sp³-hybridized carbons (Fsp3) is 0.571. The van der Waals surface area contributed by atoms with Crippen LogP contribution in [0.2, 0.25) is 5.02 Å². The maximum atomic E-state index is 6.07. The molecule has 2 atom stereocenters. The van der Waals surface area contributed by atoms with Gasteiger partial charge in [-0.25, -0.2) is 0 Å². The molecule has 1 heterocycles. The van der Waals surface area contributed by atoms with E-state index in [-0.39, 0.29) is 0 Å². The van der Waals surface area contributed by atoms with Crippen molar-refractivity contribution in [3.8, 4) is 0 Å². The number of halogens is 1. The Hall–Kier alpha value is -0.730. The molecule has 3 heteroatoms. The van der Waals surface area contributed by atoms with E-state index in [4.69, 9.17) is 11.6 Å². The molecule has 1 fully saturated rings. The quantitative estimate of drug-likeness (QED) is 0.889. The van der Waals surface area contributed by atoms with E-state index in [1.807, 2.05) is 13.1 Å². The third kappa shape index (κ3) is 2.75. The van der Waals surface area contributed by atoms with Gasteiger partial charge in [0, 0.05) is 30.3 Å². The molecule has 2 nitrogen and oxygen atoms in total. The minimum atomic E-state index is 0.771. The Morgan fingerprint density at radius 2 is 1.94 bits per heavy atom. The lowest BCUT2D eigenvalue weighted by atomic mass is 10.0. The second-order valence-corrected chi connectivity index (χ2v) is 5.60. The number of hydrogen-bond acceptors (Lipinski definition) is 2. The number of nitrogens with zero attached hydrogens (tertiary/aromatic N) is 1. The maximum absolute atomic E-state index is 6.07. The van der Waals surface area contributed by atoms with Crippen molar-refractivity contribution in [2.45, 2.75) is 20.4 Å². The van der Waals surface area contributed by atoms with E-state index in [2.05, 4.69) is 36.2 Å². The summed E-state index contributed by atoms with van der Waals surface area (Å²) in [6, 6.07) is 6.21. The summed E-state index contributed by atoms with van der Waals surface area (Å²) in [5.74, 6) is 1.54. The van der Waals surface area contributed by atoms with Crippen molar-refractivity contribution in [1.82, 2.24) is 5.32 Å². The average Bonchev–Trinajstić information content (AvgIpc) is 2.60. The predicted octanol–water partition coefficient (Wildman–Crippen LogP) is 3.15. The van der Waals surface area contributed by atoms with Gasteiger partial charge in [0.1, 0.15) is 0 Å². The Labute approximate surface area is 109 Å². The Bertz CT molecular complexity index is 382. The summed E-state index contributed by atoms with van der Waals surface area (Å²) >= 11 is 6.07. The van der Waals surface area contributed by atoms with Gasteiger partial charge < -0.3 is 10.2 Å². The lowest BCUT2D eigenvalue weighted by Gasteiger charge is -2.22. The van der Waals surface area contributed by atoms with E-state index < -0.39 is 0 Å². The van der Waals surface area contributed by atoms with Gasteiger partial charge in [0.25, 0.3) is 0 Å². The largest absolute Gasteiger partial charge is 0.371 e. The van der Waals surface area contributed by atoms with Crippen LogP contribution in [0.4, 0.5) is 5.69 Å². The monoisotopic (exact) mass is 252 g/mol. The third-order valence-electron chi connectivity index (χ3n) is 3.74. The fourth-order valence-electron chi connectivity index (χ4n) is 2.52. The summed E-state index contributed by atoms with van der Waals surface area (Å²) in [6.07, 6.45) is 0. The van der Waals surface area contributed by atoms with Gasteiger partial charge in [-0.05, 0) is 42.6 Å². The molecule has 1 aromatic rings. The molecule has 1 aliphatic heterocycles. The highest BCUT2D eigenvalue weighted by atomic mass is 35.5. The van der Waals surface area contributed by atoms with Gasteiger partial charge in [0.2, 0.25) is 0 Å². The number of rotatable bonds is 3. The SMILES string of the molecule is CNCc1cc(Cl)ccc1N1CC(C)C(C)C1. The number of nitrogens with one attached hydrogen (secondary N) is 1. The average molecular weight is 253 g/mol. The summed E-state index contributed by atoms with van der Waals surface area (Å²) in [7, 11) is 1.97. The molecule has 2 unspecified atom stereocenters. The van der Waals surface area contributed by atoms with E-state index in [0.29, 0.717) is 0 Å². The summed E-state index contributed by atoms with van der Waals surface area (Å²) < 4.78 is 0. The Kier molecular flexibility index (Phi) is 3.95. The normalized spacial score (nSPS) is 24.4. The number of anilines is 1. The van der Waals surface area contributed by atoms with Crippen molar-refractivity contribution in [3.05, 3.63) is 28.8 Å². The van der Waals surface area contributed by atoms with Crippen LogP contribution in [0.25, 0.3) is 0 Å². The van der Waals surface area contributed by atoms with Crippen LogP contribution in [0.1, 0.15) is 19.4 Å².